The Labute approximate surface area is 74.4 Å². The average molecular weight is 167 g/mol. The van der Waals surface area contributed by atoms with E-state index in [4.69, 9.17) is 17.4 Å². The molecule has 2 rings (SSSR count). The molecule has 4 atom stereocenters. The maximum Gasteiger partial charge on any atom is 0.191 e. The van der Waals surface area contributed by atoms with E-state index in [1.54, 1.807) is 0 Å². The normalized spacial score (nSPS) is 53.4. The van der Waals surface area contributed by atoms with E-state index < -0.39 is 5.79 Å². The molecule has 2 heterocycles. The van der Waals surface area contributed by atoms with Crippen molar-refractivity contribution in [2.24, 2.45) is 5.92 Å². The Morgan fingerprint density at radius 3 is 2.58 bits per heavy atom. The van der Waals surface area contributed by atoms with Crippen LogP contribution in [0.4, 0.5) is 0 Å². The molecule has 0 amide bonds. The van der Waals surface area contributed by atoms with Gasteiger partial charge in [0.15, 0.2) is 5.79 Å². The standard InChI is InChI=1S/C8H14BNO2/c1-4-8-5(2)6(7(9)11-8)10(3)12-8/h5-7H,4H2,1-3H3/t5-,6?,7-,8+/m1/s1. The Hall–Kier alpha value is -0.0551. The molecule has 0 aromatic carbocycles. The summed E-state index contributed by atoms with van der Waals surface area (Å²) < 4.78 is 5.59. The molecule has 0 aliphatic carbocycles. The van der Waals surface area contributed by atoms with Gasteiger partial charge in [0, 0.05) is 25.4 Å². The van der Waals surface area contributed by atoms with E-state index in [0.29, 0.717) is 5.92 Å². The SMILES string of the molecule is [B][C@@H]1O[C@@]2(CC)ON(C)C1[C@H]2C. The van der Waals surface area contributed by atoms with Gasteiger partial charge >= 0.3 is 0 Å². The molecule has 0 N–H and O–H groups in total. The lowest BCUT2D eigenvalue weighted by Crippen LogP contribution is -2.43. The van der Waals surface area contributed by atoms with Crippen LogP contribution in [0.1, 0.15) is 20.3 Å². The van der Waals surface area contributed by atoms with E-state index in [9.17, 15) is 0 Å². The molecule has 2 bridgehead atoms. The van der Waals surface area contributed by atoms with Crippen LogP contribution in [0, 0.1) is 5.92 Å². The first-order valence-electron chi connectivity index (χ1n) is 4.46. The molecule has 2 fully saturated rings. The Balaban J connectivity index is 2.28. The summed E-state index contributed by atoms with van der Waals surface area (Å²) in [5.74, 6) is -0.0822. The third-order valence-corrected chi connectivity index (χ3v) is 3.09. The highest BCUT2D eigenvalue weighted by molar-refractivity contribution is 6.11. The van der Waals surface area contributed by atoms with Crippen molar-refractivity contribution in [1.82, 2.24) is 5.06 Å². The first-order valence-corrected chi connectivity index (χ1v) is 4.46. The highest BCUT2D eigenvalue weighted by Gasteiger charge is 2.59. The van der Waals surface area contributed by atoms with Gasteiger partial charge < -0.3 is 4.74 Å². The largest absolute Gasteiger partial charge is 0.353 e. The molecule has 2 aliphatic rings. The minimum atomic E-state index is -0.446. The van der Waals surface area contributed by atoms with E-state index in [-0.39, 0.29) is 12.0 Å². The molecule has 66 valence electrons. The van der Waals surface area contributed by atoms with Crippen LogP contribution in [0.3, 0.4) is 0 Å². The number of hydrogen-bond donors (Lipinski definition) is 0. The van der Waals surface area contributed by atoms with Gasteiger partial charge in [0.1, 0.15) is 7.85 Å². The zero-order valence-corrected chi connectivity index (χ0v) is 7.78. The number of ether oxygens (including phenoxy) is 1. The van der Waals surface area contributed by atoms with Gasteiger partial charge in [0.25, 0.3) is 0 Å². The summed E-state index contributed by atoms with van der Waals surface area (Å²) >= 11 is 0. The molecular formula is C8H14BNO2. The van der Waals surface area contributed by atoms with Crippen molar-refractivity contribution in [3.8, 4) is 0 Å². The van der Waals surface area contributed by atoms with Gasteiger partial charge in [-0.15, -0.1) is 0 Å². The van der Waals surface area contributed by atoms with Gasteiger partial charge in [-0.2, -0.15) is 5.06 Å². The molecular weight excluding hydrogens is 153 g/mol. The van der Waals surface area contributed by atoms with Crippen LogP contribution >= 0.6 is 0 Å². The summed E-state index contributed by atoms with van der Waals surface area (Å²) in [5.41, 5.74) is 0. The van der Waals surface area contributed by atoms with Gasteiger partial charge in [-0.25, -0.2) is 0 Å². The monoisotopic (exact) mass is 167 g/mol. The van der Waals surface area contributed by atoms with Gasteiger partial charge in [-0.3, -0.25) is 4.84 Å². The average Bonchev–Trinajstić information content (AvgIpc) is 2.37. The predicted molar refractivity (Wildman–Crippen MR) is 45.4 cm³/mol. The molecule has 12 heavy (non-hydrogen) atoms. The van der Waals surface area contributed by atoms with E-state index in [1.807, 2.05) is 12.1 Å². The fourth-order valence-electron chi connectivity index (χ4n) is 2.35. The van der Waals surface area contributed by atoms with Gasteiger partial charge in [-0.1, -0.05) is 13.8 Å². The summed E-state index contributed by atoms with van der Waals surface area (Å²) in [6.45, 7) is 4.19. The van der Waals surface area contributed by atoms with Crippen LogP contribution in [-0.2, 0) is 9.57 Å². The van der Waals surface area contributed by atoms with Crippen LogP contribution in [-0.4, -0.2) is 37.8 Å². The minimum Gasteiger partial charge on any atom is -0.353 e. The fraction of sp³-hybridized carbons (Fsp3) is 1.00. The van der Waals surface area contributed by atoms with Crippen molar-refractivity contribution in [3.05, 3.63) is 0 Å². The Morgan fingerprint density at radius 2 is 2.25 bits per heavy atom. The molecule has 0 aromatic rings. The molecule has 2 radical (unpaired) electrons. The van der Waals surface area contributed by atoms with E-state index in [0.717, 1.165) is 6.42 Å². The third kappa shape index (κ3) is 0.831. The van der Waals surface area contributed by atoms with Crippen molar-refractivity contribution in [2.75, 3.05) is 7.05 Å². The highest BCUT2D eigenvalue weighted by atomic mass is 16.8. The summed E-state index contributed by atoms with van der Waals surface area (Å²) in [5, 5.41) is 1.84. The summed E-state index contributed by atoms with van der Waals surface area (Å²) in [7, 11) is 7.74. The Bertz CT molecular complexity index is 187. The number of likely N-dealkylation sites (N-methyl/N-ethyl adjacent to an activating group) is 1. The molecule has 3 nitrogen and oxygen atoms in total. The third-order valence-electron chi connectivity index (χ3n) is 3.09. The maximum atomic E-state index is 5.82. The summed E-state index contributed by atoms with van der Waals surface area (Å²) in [4.78, 5) is 5.61. The molecule has 0 aromatic heterocycles. The fourth-order valence-corrected chi connectivity index (χ4v) is 2.35. The molecule has 0 spiro atoms. The number of fused-ring (bicyclic) bond motifs is 2. The zero-order valence-electron chi connectivity index (χ0n) is 7.78. The zero-order chi connectivity index (χ0) is 8.93. The smallest absolute Gasteiger partial charge is 0.191 e. The Kier molecular flexibility index (Phi) is 1.76. The second-order valence-corrected chi connectivity index (χ2v) is 3.66. The Morgan fingerprint density at radius 1 is 1.58 bits per heavy atom. The van der Waals surface area contributed by atoms with Crippen LogP contribution in [0.2, 0.25) is 0 Å². The molecule has 4 heteroatoms. The predicted octanol–water partition coefficient (Wildman–Crippen LogP) is 0.499. The second-order valence-electron chi connectivity index (χ2n) is 3.66. The second kappa shape index (κ2) is 2.47. The number of hydroxylamine groups is 2. The minimum absolute atomic E-state index is 0.196. The van der Waals surface area contributed by atoms with Gasteiger partial charge in [0.2, 0.25) is 0 Å². The van der Waals surface area contributed by atoms with Crippen molar-refractivity contribution in [1.29, 1.82) is 0 Å². The van der Waals surface area contributed by atoms with E-state index >= 15 is 0 Å². The van der Waals surface area contributed by atoms with Gasteiger partial charge in [0.05, 0.1) is 6.04 Å². The van der Waals surface area contributed by atoms with Crippen LogP contribution < -0.4 is 0 Å². The van der Waals surface area contributed by atoms with E-state index in [2.05, 4.69) is 13.8 Å². The van der Waals surface area contributed by atoms with Crippen molar-refractivity contribution in [3.63, 3.8) is 0 Å². The van der Waals surface area contributed by atoms with E-state index in [1.165, 1.54) is 0 Å². The topological polar surface area (TPSA) is 21.7 Å². The molecule has 0 saturated carbocycles. The summed E-state index contributed by atoms with van der Waals surface area (Å²) in [6.07, 6.45) is 0.850. The van der Waals surface area contributed by atoms with Crippen molar-refractivity contribution in [2.45, 2.75) is 38.1 Å². The molecule has 1 unspecified atom stereocenters. The van der Waals surface area contributed by atoms with Gasteiger partial charge in [-0.05, 0) is 0 Å². The number of rotatable bonds is 1. The maximum absolute atomic E-state index is 5.82. The van der Waals surface area contributed by atoms with Crippen LogP contribution in [0.5, 0.6) is 0 Å². The van der Waals surface area contributed by atoms with Crippen molar-refractivity contribution < 1.29 is 9.57 Å². The number of nitrogens with zero attached hydrogens (tertiary/aromatic N) is 1. The van der Waals surface area contributed by atoms with Crippen LogP contribution in [0.25, 0.3) is 0 Å². The lowest BCUT2D eigenvalue weighted by molar-refractivity contribution is -0.338. The lowest BCUT2D eigenvalue weighted by Gasteiger charge is -2.33. The van der Waals surface area contributed by atoms with Crippen LogP contribution in [0.15, 0.2) is 0 Å². The molecule has 2 saturated heterocycles. The van der Waals surface area contributed by atoms with Crippen molar-refractivity contribution >= 4 is 7.85 Å². The first-order chi connectivity index (χ1) is 5.60. The summed E-state index contributed by atoms with van der Waals surface area (Å²) in [6, 6.07) is 0.0173. The quantitative estimate of drug-likeness (QED) is 0.530. The highest BCUT2D eigenvalue weighted by Crippen LogP contribution is 2.47. The lowest BCUT2D eigenvalue weighted by atomic mass is 9.86. The molecule has 2 aliphatic heterocycles. The number of hydrogen-bond acceptors (Lipinski definition) is 3. The first kappa shape index (κ1) is 8.54.